The van der Waals surface area contributed by atoms with Crippen molar-refractivity contribution in [3.8, 4) is 0 Å². The van der Waals surface area contributed by atoms with Gasteiger partial charge in [-0.2, -0.15) is 0 Å². The number of carbonyl (C=O) groups is 4. The highest BCUT2D eigenvalue weighted by Crippen LogP contribution is 2.34. The van der Waals surface area contributed by atoms with Crippen LogP contribution in [0.5, 0.6) is 0 Å². The average Bonchev–Trinajstić information content (AvgIpc) is 2.81. The molecule has 0 atom stereocenters. The molecule has 0 saturated heterocycles. The number of para-hydroxylation sites is 1. The van der Waals surface area contributed by atoms with Crippen LogP contribution in [0.15, 0.2) is 76.5 Å². The summed E-state index contributed by atoms with van der Waals surface area (Å²) >= 11 is 0. The van der Waals surface area contributed by atoms with Gasteiger partial charge in [0.15, 0.2) is 18.2 Å². The third-order valence-corrected chi connectivity index (χ3v) is 6.94. The van der Waals surface area contributed by atoms with Crippen LogP contribution in [0.4, 0.5) is 5.69 Å². The van der Waals surface area contributed by atoms with E-state index in [1.165, 1.54) is 37.3 Å². The lowest BCUT2D eigenvalue weighted by molar-refractivity contribution is -0.119. The number of rotatable bonds is 5. The number of ketones is 2. The van der Waals surface area contributed by atoms with Gasteiger partial charge in [-0.15, -0.1) is 0 Å². The fraction of sp³-hybridized carbons (Fsp3) is 0.0833. The van der Waals surface area contributed by atoms with Gasteiger partial charge in [-0.3, -0.25) is 14.4 Å². The minimum Gasteiger partial charge on any atom is -0.452 e. The minimum absolute atomic E-state index is 0.0381. The van der Waals surface area contributed by atoms with Crippen LogP contribution in [-0.2, 0) is 19.4 Å². The second kappa shape index (κ2) is 8.44. The Morgan fingerprint density at radius 3 is 2.30 bits per heavy atom. The summed E-state index contributed by atoms with van der Waals surface area (Å²) in [4.78, 5) is 48.6. The van der Waals surface area contributed by atoms with E-state index in [9.17, 15) is 27.6 Å². The lowest BCUT2D eigenvalue weighted by Crippen LogP contribution is -2.23. The van der Waals surface area contributed by atoms with Crippen molar-refractivity contribution in [3.05, 3.63) is 89.0 Å². The topological polar surface area (TPSA) is 124 Å². The van der Waals surface area contributed by atoms with Crippen molar-refractivity contribution in [3.63, 3.8) is 0 Å². The summed E-state index contributed by atoms with van der Waals surface area (Å²) in [6, 6.07) is 15.8. The second-order valence-corrected chi connectivity index (χ2v) is 9.15. The van der Waals surface area contributed by atoms with Crippen LogP contribution in [0.25, 0.3) is 0 Å². The quantitative estimate of drug-likeness (QED) is 0.356. The van der Waals surface area contributed by atoms with E-state index < -0.39 is 34.1 Å². The summed E-state index contributed by atoms with van der Waals surface area (Å²) in [7, 11) is -4.02. The number of ether oxygens (including phenoxy) is 1. The predicted octanol–water partition coefficient (Wildman–Crippen LogP) is 3.06. The van der Waals surface area contributed by atoms with Crippen molar-refractivity contribution in [2.45, 2.75) is 16.7 Å². The Kier molecular flexibility index (Phi) is 5.65. The van der Waals surface area contributed by atoms with E-state index in [1.54, 1.807) is 30.3 Å². The molecule has 0 saturated carbocycles. The first kappa shape index (κ1) is 22.1. The Morgan fingerprint density at radius 2 is 1.55 bits per heavy atom. The van der Waals surface area contributed by atoms with Gasteiger partial charge in [0.1, 0.15) is 0 Å². The number of amides is 1. The van der Waals surface area contributed by atoms with Crippen LogP contribution in [-0.4, -0.2) is 38.5 Å². The summed E-state index contributed by atoms with van der Waals surface area (Å²) in [5, 5.41) is 2.50. The summed E-state index contributed by atoms with van der Waals surface area (Å²) in [6.45, 7) is 0.703. The minimum atomic E-state index is -4.02. The van der Waals surface area contributed by atoms with E-state index in [-0.39, 0.29) is 38.0 Å². The number of hydrogen-bond acceptors (Lipinski definition) is 7. The Morgan fingerprint density at radius 1 is 0.879 bits per heavy atom. The van der Waals surface area contributed by atoms with Crippen molar-refractivity contribution in [2.24, 2.45) is 0 Å². The third kappa shape index (κ3) is 4.06. The molecular weight excluding hydrogens is 446 g/mol. The lowest BCUT2D eigenvalue weighted by atomic mass is 10.0. The van der Waals surface area contributed by atoms with Gasteiger partial charge in [-0.1, -0.05) is 24.3 Å². The highest BCUT2D eigenvalue weighted by atomic mass is 32.2. The molecule has 4 rings (SSSR count). The largest absolute Gasteiger partial charge is 0.452 e. The van der Waals surface area contributed by atoms with E-state index in [2.05, 4.69) is 5.32 Å². The van der Waals surface area contributed by atoms with E-state index in [4.69, 9.17) is 4.74 Å². The van der Waals surface area contributed by atoms with E-state index in [0.29, 0.717) is 5.56 Å². The Balaban J connectivity index is 1.52. The molecule has 3 aromatic carbocycles. The van der Waals surface area contributed by atoms with Crippen LogP contribution in [0.2, 0.25) is 0 Å². The van der Waals surface area contributed by atoms with Crippen LogP contribution in [0, 0.1) is 0 Å². The van der Waals surface area contributed by atoms with Crippen LogP contribution in [0.1, 0.15) is 43.6 Å². The van der Waals surface area contributed by atoms with Crippen LogP contribution in [0.3, 0.4) is 0 Å². The zero-order valence-electron chi connectivity index (χ0n) is 17.3. The smallest absolute Gasteiger partial charge is 0.338 e. The molecule has 0 aromatic heterocycles. The number of fused-ring (bicyclic) bond motifs is 2. The number of hydrogen-bond donors (Lipinski definition) is 1. The average molecular weight is 463 g/mol. The molecule has 0 spiro atoms. The van der Waals surface area contributed by atoms with Crippen LogP contribution < -0.4 is 5.32 Å². The highest BCUT2D eigenvalue weighted by molar-refractivity contribution is 7.91. The summed E-state index contributed by atoms with van der Waals surface area (Å²) in [5.41, 5.74) is 0.498. The molecule has 1 N–H and O–H groups in total. The highest BCUT2D eigenvalue weighted by Gasteiger charge is 2.35. The number of esters is 1. The van der Waals surface area contributed by atoms with Gasteiger partial charge in [0.25, 0.3) is 5.91 Å². The fourth-order valence-electron chi connectivity index (χ4n) is 3.51. The zero-order chi connectivity index (χ0) is 23.8. The molecule has 0 fully saturated rings. The van der Waals surface area contributed by atoms with Gasteiger partial charge in [-0.05, 0) is 49.4 Å². The molecule has 0 aliphatic carbocycles. The van der Waals surface area contributed by atoms with Crippen molar-refractivity contribution in [1.29, 1.82) is 0 Å². The van der Waals surface area contributed by atoms with Gasteiger partial charge in [-0.25, -0.2) is 13.2 Å². The predicted molar refractivity (Wildman–Crippen MR) is 117 cm³/mol. The maximum atomic E-state index is 13.0. The van der Waals surface area contributed by atoms with Gasteiger partial charge in [0.2, 0.25) is 9.84 Å². The number of sulfone groups is 1. The standard InChI is InChI=1S/C24H17NO7S/c1-14(26)16-6-2-4-8-19(16)25-22(27)13-32-24(29)15-10-11-18-21(12-15)33(30,31)20-9-5-3-7-17(20)23(18)28/h2-12H,13H2,1H3,(H,25,27). The molecule has 0 bridgehead atoms. The molecule has 1 aliphatic rings. The summed E-state index contributed by atoms with van der Waals surface area (Å²) in [5.74, 6) is -2.31. The normalized spacial score (nSPS) is 13.4. The number of Topliss-reactive ketones (excluding diaryl/α,β-unsaturated/α-hetero) is 1. The fourth-order valence-corrected chi connectivity index (χ4v) is 5.19. The summed E-state index contributed by atoms with van der Waals surface area (Å²) in [6.07, 6.45) is 0. The molecule has 8 nitrogen and oxygen atoms in total. The Bertz CT molecular complexity index is 1440. The first-order chi connectivity index (χ1) is 15.7. The zero-order valence-corrected chi connectivity index (χ0v) is 18.1. The monoisotopic (exact) mass is 463 g/mol. The number of carbonyl (C=O) groups excluding carboxylic acids is 4. The van der Waals surface area contributed by atoms with E-state index in [0.717, 1.165) is 6.07 Å². The second-order valence-electron chi connectivity index (χ2n) is 7.27. The van der Waals surface area contributed by atoms with Crippen molar-refractivity contribution < 1.29 is 32.3 Å². The first-order valence-electron chi connectivity index (χ1n) is 9.80. The molecule has 1 aliphatic heterocycles. The van der Waals surface area contributed by atoms with E-state index in [1.807, 2.05) is 0 Å². The van der Waals surface area contributed by atoms with E-state index >= 15 is 0 Å². The summed E-state index contributed by atoms with van der Waals surface area (Å²) < 4.78 is 31.0. The molecule has 1 amide bonds. The molecule has 1 heterocycles. The number of nitrogens with one attached hydrogen (secondary N) is 1. The maximum Gasteiger partial charge on any atom is 0.338 e. The van der Waals surface area contributed by atoms with Gasteiger partial charge in [0.05, 0.1) is 21.0 Å². The van der Waals surface area contributed by atoms with Gasteiger partial charge in [0, 0.05) is 16.7 Å². The Hall–Kier alpha value is -4.11. The lowest BCUT2D eigenvalue weighted by Gasteiger charge is -2.19. The number of benzene rings is 3. The van der Waals surface area contributed by atoms with Crippen molar-refractivity contribution >= 4 is 39.0 Å². The number of anilines is 1. The van der Waals surface area contributed by atoms with Crippen molar-refractivity contribution in [1.82, 2.24) is 0 Å². The maximum absolute atomic E-state index is 13.0. The molecule has 9 heteroatoms. The molecule has 166 valence electrons. The van der Waals surface area contributed by atoms with Crippen molar-refractivity contribution in [2.75, 3.05) is 11.9 Å². The molecule has 3 aromatic rings. The molecule has 0 unspecified atom stereocenters. The SMILES string of the molecule is CC(=O)c1ccccc1NC(=O)COC(=O)c1ccc2c(c1)S(=O)(=O)c1ccccc1C2=O. The third-order valence-electron chi connectivity index (χ3n) is 5.09. The molecular formula is C24H17NO7S. The first-order valence-corrected chi connectivity index (χ1v) is 11.3. The molecule has 0 radical (unpaired) electrons. The molecule has 33 heavy (non-hydrogen) atoms. The van der Waals surface area contributed by atoms with Crippen LogP contribution >= 0.6 is 0 Å². The Labute approximate surface area is 189 Å². The van der Waals surface area contributed by atoms with Gasteiger partial charge >= 0.3 is 5.97 Å². The van der Waals surface area contributed by atoms with Gasteiger partial charge < -0.3 is 10.1 Å².